The van der Waals surface area contributed by atoms with Gasteiger partial charge in [0.05, 0.1) is 18.4 Å². The summed E-state index contributed by atoms with van der Waals surface area (Å²) in [5.74, 6) is -1.15. The zero-order valence-corrected chi connectivity index (χ0v) is 11.1. The molecule has 3 aromatic heterocycles. The van der Waals surface area contributed by atoms with Crippen LogP contribution in [0, 0.1) is 6.92 Å². The van der Waals surface area contributed by atoms with Gasteiger partial charge in [-0.05, 0) is 18.6 Å². The Kier molecular flexibility index (Phi) is 2.98. The highest BCUT2D eigenvalue weighted by Crippen LogP contribution is 2.04. The van der Waals surface area contributed by atoms with Crippen molar-refractivity contribution in [1.82, 2.24) is 24.4 Å². The summed E-state index contributed by atoms with van der Waals surface area (Å²) in [4.78, 5) is 27.1. The first kappa shape index (κ1) is 13.0. The van der Waals surface area contributed by atoms with Crippen molar-refractivity contribution in [3.63, 3.8) is 0 Å². The first-order valence-corrected chi connectivity index (χ1v) is 6.15. The number of carbonyl (C=O) groups is 1. The van der Waals surface area contributed by atoms with E-state index in [9.17, 15) is 9.59 Å². The minimum Gasteiger partial charge on any atom is -0.476 e. The Hall–Kier alpha value is -3.03. The highest BCUT2D eigenvalue weighted by Gasteiger charge is 2.09. The van der Waals surface area contributed by atoms with Crippen molar-refractivity contribution in [3.05, 3.63) is 57.9 Å². The smallest absolute Gasteiger partial charge is 0.358 e. The van der Waals surface area contributed by atoms with Crippen molar-refractivity contribution in [2.24, 2.45) is 0 Å². The molecule has 0 radical (unpaired) electrons. The van der Waals surface area contributed by atoms with E-state index in [-0.39, 0.29) is 17.8 Å². The van der Waals surface area contributed by atoms with Gasteiger partial charge in [-0.3, -0.25) is 9.20 Å². The molecule has 8 heteroatoms. The molecule has 0 saturated carbocycles. The summed E-state index contributed by atoms with van der Waals surface area (Å²) in [6, 6.07) is 5.02. The number of hydrogen-bond donors (Lipinski definition) is 1. The molecule has 21 heavy (non-hydrogen) atoms. The van der Waals surface area contributed by atoms with Gasteiger partial charge in [-0.2, -0.15) is 0 Å². The third kappa shape index (κ3) is 2.50. The van der Waals surface area contributed by atoms with Gasteiger partial charge >= 0.3 is 5.97 Å². The van der Waals surface area contributed by atoms with E-state index in [4.69, 9.17) is 5.11 Å². The lowest BCUT2D eigenvalue weighted by atomic mass is 10.3. The fourth-order valence-corrected chi connectivity index (χ4v) is 1.98. The van der Waals surface area contributed by atoms with Crippen LogP contribution < -0.4 is 5.56 Å². The number of aryl methyl sites for hydroxylation is 1. The standard InChI is InChI=1S/C13H11N5O3/c1-8-2-3-11-14-9(4-12(19)18(11)5-8)6-17-7-10(13(20)21)15-16-17/h2-5,7H,6H2,1H3,(H,20,21). The van der Waals surface area contributed by atoms with E-state index in [1.165, 1.54) is 21.3 Å². The molecule has 0 saturated heterocycles. The molecule has 3 aromatic rings. The average molecular weight is 285 g/mol. The summed E-state index contributed by atoms with van der Waals surface area (Å²) in [6.45, 7) is 2.07. The Morgan fingerprint density at radius 2 is 2.14 bits per heavy atom. The summed E-state index contributed by atoms with van der Waals surface area (Å²) in [6.07, 6.45) is 3.01. The van der Waals surface area contributed by atoms with Crippen LogP contribution >= 0.6 is 0 Å². The molecule has 0 atom stereocenters. The van der Waals surface area contributed by atoms with Gasteiger partial charge in [0.15, 0.2) is 5.69 Å². The number of pyridine rings is 1. The molecule has 0 fully saturated rings. The minimum atomic E-state index is -1.15. The monoisotopic (exact) mass is 285 g/mol. The fourth-order valence-electron chi connectivity index (χ4n) is 1.98. The molecule has 8 nitrogen and oxygen atoms in total. The third-order valence-corrected chi connectivity index (χ3v) is 2.94. The SMILES string of the molecule is Cc1ccc2nc(Cn3cc(C(=O)O)nn3)cc(=O)n2c1. The summed E-state index contributed by atoms with van der Waals surface area (Å²) < 4.78 is 2.79. The molecule has 0 amide bonds. The van der Waals surface area contributed by atoms with Crippen molar-refractivity contribution in [2.45, 2.75) is 13.5 Å². The van der Waals surface area contributed by atoms with E-state index in [0.29, 0.717) is 11.3 Å². The van der Waals surface area contributed by atoms with E-state index >= 15 is 0 Å². The van der Waals surface area contributed by atoms with Crippen LogP contribution in [-0.2, 0) is 6.54 Å². The number of hydrogen-bond acceptors (Lipinski definition) is 5. The summed E-state index contributed by atoms with van der Waals surface area (Å²) in [5.41, 5.74) is 1.63. The van der Waals surface area contributed by atoms with Gasteiger partial charge in [0.25, 0.3) is 5.56 Å². The molecule has 0 bridgehead atoms. The molecule has 0 spiro atoms. The van der Waals surface area contributed by atoms with Gasteiger partial charge in [-0.1, -0.05) is 11.3 Å². The van der Waals surface area contributed by atoms with Crippen molar-refractivity contribution in [2.75, 3.05) is 0 Å². The van der Waals surface area contributed by atoms with Crippen LogP contribution in [0.1, 0.15) is 21.7 Å². The van der Waals surface area contributed by atoms with Gasteiger partial charge < -0.3 is 5.11 Å². The molecule has 3 rings (SSSR count). The summed E-state index contributed by atoms with van der Waals surface area (Å²) >= 11 is 0. The molecular weight excluding hydrogens is 274 g/mol. The molecule has 0 unspecified atom stereocenters. The number of aromatic carboxylic acids is 1. The Morgan fingerprint density at radius 1 is 1.33 bits per heavy atom. The molecule has 0 aromatic carbocycles. The molecular formula is C13H11N5O3. The molecule has 106 valence electrons. The lowest BCUT2D eigenvalue weighted by Crippen LogP contribution is -2.17. The number of nitrogens with zero attached hydrogens (tertiary/aromatic N) is 5. The molecule has 3 heterocycles. The van der Waals surface area contributed by atoms with Crippen LogP contribution in [0.3, 0.4) is 0 Å². The molecule has 1 N–H and O–H groups in total. The van der Waals surface area contributed by atoms with Crippen LogP contribution in [0.5, 0.6) is 0 Å². The van der Waals surface area contributed by atoms with E-state index in [1.807, 2.05) is 13.0 Å². The van der Waals surface area contributed by atoms with E-state index < -0.39 is 5.97 Å². The van der Waals surface area contributed by atoms with Crippen molar-refractivity contribution < 1.29 is 9.90 Å². The zero-order valence-electron chi connectivity index (χ0n) is 11.1. The predicted molar refractivity (Wildman–Crippen MR) is 72.3 cm³/mol. The maximum absolute atomic E-state index is 12.0. The largest absolute Gasteiger partial charge is 0.476 e. The first-order valence-electron chi connectivity index (χ1n) is 6.15. The second-order valence-electron chi connectivity index (χ2n) is 4.63. The maximum Gasteiger partial charge on any atom is 0.358 e. The highest BCUT2D eigenvalue weighted by atomic mass is 16.4. The number of rotatable bonds is 3. The molecule has 0 aliphatic carbocycles. The molecule has 0 aliphatic heterocycles. The lowest BCUT2D eigenvalue weighted by Gasteiger charge is -2.04. The Bertz CT molecular complexity index is 896. The Morgan fingerprint density at radius 3 is 2.86 bits per heavy atom. The second kappa shape index (κ2) is 4.82. The lowest BCUT2D eigenvalue weighted by molar-refractivity contribution is 0.0690. The zero-order chi connectivity index (χ0) is 15.0. The van der Waals surface area contributed by atoms with Crippen LogP contribution in [0.2, 0.25) is 0 Å². The number of carboxylic acid groups (broad SMARTS) is 1. The van der Waals surface area contributed by atoms with Gasteiger partial charge in [-0.25, -0.2) is 14.5 Å². The van der Waals surface area contributed by atoms with Crippen LogP contribution in [0.4, 0.5) is 0 Å². The topological polar surface area (TPSA) is 102 Å². The van der Waals surface area contributed by atoms with E-state index in [2.05, 4.69) is 15.3 Å². The Labute approximate surface area is 118 Å². The predicted octanol–water partition coefficient (Wildman–Crippen LogP) is 0.341. The van der Waals surface area contributed by atoms with Crippen LogP contribution in [0.15, 0.2) is 35.4 Å². The molecule has 0 aliphatic rings. The fraction of sp³-hybridized carbons (Fsp3) is 0.154. The van der Waals surface area contributed by atoms with Crippen LogP contribution in [-0.4, -0.2) is 35.5 Å². The maximum atomic E-state index is 12.0. The number of aromatic nitrogens is 5. The number of carboxylic acids is 1. The average Bonchev–Trinajstić information content (AvgIpc) is 2.88. The second-order valence-corrected chi connectivity index (χ2v) is 4.63. The Balaban J connectivity index is 1.99. The normalized spacial score (nSPS) is 10.9. The van der Waals surface area contributed by atoms with Crippen molar-refractivity contribution >= 4 is 11.6 Å². The summed E-state index contributed by atoms with van der Waals surface area (Å²) in [7, 11) is 0. The number of fused-ring (bicyclic) bond motifs is 1. The van der Waals surface area contributed by atoms with Gasteiger partial charge in [0, 0.05) is 12.3 Å². The van der Waals surface area contributed by atoms with Gasteiger partial charge in [0.1, 0.15) is 5.65 Å². The summed E-state index contributed by atoms with van der Waals surface area (Å²) in [5, 5.41) is 16.0. The van der Waals surface area contributed by atoms with Crippen molar-refractivity contribution in [3.8, 4) is 0 Å². The van der Waals surface area contributed by atoms with Crippen LogP contribution in [0.25, 0.3) is 5.65 Å². The van der Waals surface area contributed by atoms with E-state index in [0.717, 1.165) is 5.56 Å². The van der Waals surface area contributed by atoms with Gasteiger partial charge in [-0.15, -0.1) is 5.10 Å². The van der Waals surface area contributed by atoms with E-state index in [1.54, 1.807) is 12.3 Å². The highest BCUT2D eigenvalue weighted by molar-refractivity contribution is 5.84. The van der Waals surface area contributed by atoms with Gasteiger partial charge in [0.2, 0.25) is 0 Å². The first-order chi connectivity index (χ1) is 10.0. The minimum absolute atomic E-state index is 0.150. The quantitative estimate of drug-likeness (QED) is 0.744. The third-order valence-electron chi connectivity index (χ3n) is 2.94. The van der Waals surface area contributed by atoms with Crippen molar-refractivity contribution in [1.29, 1.82) is 0 Å².